The smallest absolute Gasteiger partial charge is 0.115 e. The van der Waals surface area contributed by atoms with Crippen molar-refractivity contribution in [3.63, 3.8) is 0 Å². The molecule has 0 aliphatic heterocycles. The van der Waals surface area contributed by atoms with Crippen LogP contribution >= 0.6 is 15.9 Å². The van der Waals surface area contributed by atoms with Gasteiger partial charge in [0.15, 0.2) is 0 Å². The van der Waals surface area contributed by atoms with Gasteiger partial charge in [0.2, 0.25) is 0 Å². The molecule has 2 unspecified atom stereocenters. The fraction of sp³-hybridized carbons (Fsp3) is 0.538. The van der Waals surface area contributed by atoms with E-state index in [9.17, 15) is 10.2 Å². The fourth-order valence-corrected chi connectivity index (χ4v) is 1.78. The third-order valence-electron chi connectivity index (χ3n) is 2.67. The maximum Gasteiger partial charge on any atom is 0.115 e. The first-order chi connectivity index (χ1) is 8.13. The van der Waals surface area contributed by atoms with Gasteiger partial charge in [-0.1, -0.05) is 35.0 Å². The highest BCUT2D eigenvalue weighted by Crippen LogP contribution is 2.17. The third kappa shape index (κ3) is 5.52. The van der Waals surface area contributed by atoms with Crippen molar-refractivity contribution in [2.45, 2.75) is 30.7 Å². The average Bonchev–Trinajstić information content (AvgIpc) is 2.34. The predicted molar refractivity (Wildman–Crippen MR) is 73.6 cm³/mol. The molecule has 1 aromatic rings. The lowest BCUT2D eigenvalue weighted by atomic mass is 10.1. The summed E-state index contributed by atoms with van der Waals surface area (Å²) in [5, 5.41) is 22.4. The molecule has 0 spiro atoms. The molecule has 0 aliphatic carbocycles. The fourth-order valence-electron chi connectivity index (χ4n) is 1.55. The Kier molecular flexibility index (Phi) is 6.55. The van der Waals surface area contributed by atoms with E-state index in [1.165, 1.54) is 0 Å². The number of hydrogen-bond acceptors (Lipinski definition) is 3. The Balaban J connectivity index is 2.28. The molecule has 0 bridgehead atoms. The molecule has 0 heterocycles. The molecular weight excluding hydrogens is 282 g/mol. The minimum atomic E-state index is -0.572. The van der Waals surface area contributed by atoms with Crippen molar-refractivity contribution in [3.8, 4) is 5.75 Å². The lowest BCUT2D eigenvalue weighted by Crippen LogP contribution is -2.24. The van der Waals surface area contributed by atoms with E-state index < -0.39 is 6.10 Å². The van der Waals surface area contributed by atoms with Gasteiger partial charge in [-0.25, -0.2) is 0 Å². The van der Waals surface area contributed by atoms with E-state index in [-0.39, 0.29) is 5.75 Å². The van der Waals surface area contributed by atoms with Crippen molar-refractivity contribution in [1.29, 1.82) is 0 Å². The van der Waals surface area contributed by atoms with Crippen LogP contribution in [0.1, 0.15) is 31.4 Å². The topological polar surface area (TPSA) is 52.5 Å². The number of nitrogens with one attached hydrogen (secondary N) is 1. The van der Waals surface area contributed by atoms with Crippen LogP contribution in [0.2, 0.25) is 0 Å². The second kappa shape index (κ2) is 7.69. The highest BCUT2D eigenvalue weighted by Gasteiger charge is 2.07. The molecule has 0 aromatic heterocycles. The monoisotopic (exact) mass is 301 g/mol. The summed E-state index contributed by atoms with van der Waals surface area (Å²) in [6, 6.07) is 6.73. The predicted octanol–water partition coefficient (Wildman–Crippen LogP) is 2.58. The Morgan fingerprint density at radius 1 is 1.41 bits per heavy atom. The largest absolute Gasteiger partial charge is 0.508 e. The molecular formula is C13H20BrNO2. The first kappa shape index (κ1) is 14.5. The zero-order valence-corrected chi connectivity index (χ0v) is 11.7. The normalized spacial score (nSPS) is 14.5. The van der Waals surface area contributed by atoms with Gasteiger partial charge in [0.1, 0.15) is 5.75 Å². The number of aromatic hydroxyl groups is 1. The van der Waals surface area contributed by atoms with Crippen LogP contribution in [0, 0.1) is 0 Å². The second-order valence-electron chi connectivity index (χ2n) is 4.11. The highest BCUT2D eigenvalue weighted by atomic mass is 79.9. The molecule has 0 radical (unpaired) electrons. The molecule has 1 aromatic carbocycles. The Morgan fingerprint density at radius 2 is 2.18 bits per heavy atom. The van der Waals surface area contributed by atoms with E-state index in [0.29, 0.717) is 11.4 Å². The number of halogens is 1. The molecule has 96 valence electrons. The molecule has 17 heavy (non-hydrogen) atoms. The summed E-state index contributed by atoms with van der Waals surface area (Å²) in [7, 11) is 0. The molecule has 0 aliphatic rings. The first-order valence-electron chi connectivity index (χ1n) is 5.95. The Labute approximate surface area is 111 Å². The summed E-state index contributed by atoms with van der Waals surface area (Å²) in [6.07, 6.45) is 1.58. The van der Waals surface area contributed by atoms with Crippen LogP contribution in [0.3, 0.4) is 0 Å². The van der Waals surface area contributed by atoms with Crippen LogP contribution < -0.4 is 5.32 Å². The quantitative estimate of drug-likeness (QED) is 0.536. The van der Waals surface area contributed by atoms with Crippen molar-refractivity contribution >= 4 is 15.9 Å². The molecule has 0 amide bonds. The van der Waals surface area contributed by atoms with Crippen molar-refractivity contribution in [2.75, 3.05) is 13.1 Å². The van der Waals surface area contributed by atoms with Gasteiger partial charge in [-0.2, -0.15) is 0 Å². The molecule has 3 nitrogen and oxygen atoms in total. The summed E-state index contributed by atoms with van der Waals surface area (Å²) in [5.41, 5.74) is 0.739. The van der Waals surface area contributed by atoms with E-state index in [2.05, 4.69) is 28.2 Å². The van der Waals surface area contributed by atoms with Crippen molar-refractivity contribution in [1.82, 2.24) is 5.32 Å². The van der Waals surface area contributed by atoms with Crippen LogP contribution in [0.5, 0.6) is 5.75 Å². The van der Waals surface area contributed by atoms with Gasteiger partial charge < -0.3 is 15.5 Å². The molecule has 3 N–H and O–H groups in total. The summed E-state index contributed by atoms with van der Waals surface area (Å²) in [5.74, 6) is 0.188. The SMILES string of the molecule is CCC(Br)CCNCC(O)c1cccc(O)c1. The first-order valence-corrected chi connectivity index (χ1v) is 6.86. The van der Waals surface area contributed by atoms with Crippen molar-refractivity contribution in [3.05, 3.63) is 29.8 Å². The number of phenols is 1. The van der Waals surface area contributed by atoms with E-state index in [1.807, 2.05) is 6.07 Å². The maximum absolute atomic E-state index is 9.88. The molecule has 0 saturated heterocycles. The molecule has 4 heteroatoms. The maximum atomic E-state index is 9.88. The summed E-state index contributed by atoms with van der Waals surface area (Å²) in [6.45, 7) is 3.52. The zero-order chi connectivity index (χ0) is 12.7. The van der Waals surface area contributed by atoms with Crippen LogP contribution in [-0.4, -0.2) is 28.1 Å². The number of rotatable bonds is 7. The van der Waals surface area contributed by atoms with Gasteiger partial charge in [-0.15, -0.1) is 0 Å². The van der Waals surface area contributed by atoms with Crippen LogP contribution in [0.25, 0.3) is 0 Å². The molecule has 2 atom stereocenters. The zero-order valence-electron chi connectivity index (χ0n) is 10.1. The number of alkyl halides is 1. The van der Waals surface area contributed by atoms with E-state index in [1.54, 1.807) is 18.2 Å². The van der Waals surface area contributed by atoms with Gasteiger partial charge in [-0.3, -0.25) is 0 Å². The van der Waals surface area contributed by atoms with Crippen LogP contribution in [0.15, 0.2) is 24.3 Å². The summed E-state index contributed by atoms with van der Waals surface area (Å²) >= 11 is 3.56. The van der Waals surface area contributed by atoms with Crippen molar-refractivity contribution < 1.29 is 10.2 Å². The number of benzene rings is 1. The van der Waals surface area contributed by atoms with Crippen LogP contribution in [-0.2, 0) is 0 Å². The van der Waals surface area contributed by atoms with Gasteiger partial charge in [-0.05, 0) is 37.1 Å². The van der Waals surface area contributed by atoms with Gasteiger partial charge in [0, 0.05) is 11.4 Å². The number of aliphatic hydroxyl groups excluding tert-OH is 1. The van der Waals surface area contributed by atoms with Crippen molar-refractivity contribution in [2.24, 2.45) is 0 Å². The average molecular weight is 302 g/mol. The van der Waals surface area contributed by atoms with Gasteiger partial charge in [0.05, 0.1) is 6.10 Å². The summed E-state index contributed by atoms with van der Waals surface area (Å²) < 4.78 is 0. The van der Waals surface area contributed by atoms with Gasteiger partial charge >= 0.3 is 0 Å². The number of hydrogen-bond donors (Lipinski definition) is 3. The summed E-state index contributed by atoms with van der Waals surface area (Å²) in [4.78, 5) is 0.535. The Bertz CT molecular complexity index is 333. The lowest BCUT2D eigenvalue weighted by Gasteiger charge is -2.13. The highest BCUT2D eigenvalue weighted by molar-refractivity contribution is 9.09. The Morgan fingerprint density at radius 3 is 2.82 bits per heavy atom. The van der Waals surface area contributed by atoms with E-state index in [4.69, 9.17) is 0 Å². The van der Waals surface area contributed by atoms with Crippen LogP contribution in [0.4, 0.5) is 0 Å². The minimum absolute atomic E-state index is 0.188. The third-order valence-corrected chi connectivity index (χ3v) is 3.78. The lowest BCUT2D eigenvalue weighted by molar-refractivity contribution is 0.174. The van der Waals surface area contributed by atoms with E-state index in [0.717, 1.165) is 24.9 Å². The van der Waals surface area contributed by atoms with Gasteiger partial charge in [0.25, 0.3) is 0 Å². The molecule has 0 fully saturated rings. The standard InChI is InChI=1S/C13H20BrNO2/c1-2-11(14)6-7-15-9-13(17)10-4-3-5-12(16)8-10/h3-5,8,11,13,15-17H,2,6-7,9H2,1H3. The van der Waals surface area contributed by atoms with E-state index >= 15 is 0 Å². The number of phenolic OH excluding ortho intramolecular Hbond substituents is 1. The second-order valence-corrected chi connectivity index (χ2v) is 5.40. The molecule has 1 rings (SSSR count). The minimum Gasteiger partial charge on any atom is -0.508 e. The number of aliphatic hydroxyl groups is 1. The molecule has 0 saturated carbocycles. The Hall–Kier alpha value is -0.580.